The van der Waals surface area contributed by atoms with E-state index in [-0.39, 0.29) is 12.1 Å². The fourth-order valence-electron chi connectivity index (χ4n) is 3.23. The number of hydrogen-bond donors (Lipinski definition) is 2. The first-order valence-electron chi connectivity index (χ1n) is 8.12. The van der Waals surface area contributed by atoms with Crippen LogP contribution in [0.4, 0.5) is 0 Å². The van der Waals surface area contributed by atoms with Crippen LogP contribution in [0, 0.1) is 5.92 Å². The molecule has 1 unspecified atom stereocenters. The summed E-state index contributed by atoms with van der Waals surface area (Å²) in [6, 6.07) is 0.144. The van der Waals surface area contributed by atoms with Crippen molar-refractivity contribution >= 4 is 0 Å². The second-order valence-electron chi connectivity index (χ2n) is 6.26. The first kappa shape index (κ1) is 16.2. The summed E-state index contributed by atoms with van der Waals surface area (Å²) in [6.07, 6.45) is 11.0. The van der Waals surface area contributed by atoms with Gasteiger partial charge in [-0.2, -0.15) is 5.10 Å². The van der Waals surface area contributed by atoms with Crippen LogP contribution in [0.15, 0.2) is 31.1 Å². The Kier molecular flexibility index (Phi) is 5.43. The highest BCUT2D eigenvalue weighted by atomic mass is 16.5. The Morgan fingerprint density at radius 2 is 2.35 bits per heavy atom. The van der Waals surface area contributed by atoms with E-state index in [0.717, 1.165) is 38.0 Å². The first-order valence-corrected chi connectivity index (χ1v) is 8.12. The van der Waals surface area contributed by atoms with Crippen LogP contribution >= 0.6 is 0 Å². The lowest BCUT2D eigenvalue weighted by atomic mass is 10.1. The van der Waals surface area contributed by atoms with Crippen molar-refractivity contribution in [1.82, 2.24) is 24.6 Å². The van der Waals surface area contributed by atoms with E-state index >= 15 is 0 Å². The Bertz CT molecular complexity index is 583. The number of hydrogen-bond acceptors (Lipinski definition) is 5. The number of nitrogens with zero attached hydrogens (tertiary/aromatic N) is 4. The quantitative estimate of drug-likeness (QED) is 0.747. The van der Waals surface area contributed by atoms with Crippen LogP contribution in [-0.2, 0) is 24.4 Å². The minimum Gasteiger partial charge on any atom is -0.391 e. The Hall–Kier alpha value is -1.70. The Morgan fingerprint density at radius 1 is 1.43 bits per heavy atom. The molecular weight excluding hydrogens is 294 g/mol. The van der Waals surface area contributed by atoms with Crippen molar-refractivity contribution in [2.75, 3.05) is 13.7 Å². The molecule has 7 heteroatoms. The molecule has 0 radical (unpaired) electrons. The van der Waals surface area contributed by atoms with Gasteiger partial charge in [0.05, 0.1) is 31.8 Å². The van der Waals surface area contributed by atoms with Gasteiger partial charge in [0.25, 0.3) is 0 Å². The average Bonchev–Trinajstić information content (AvgIpc) is 3.26. The summed E-state index contributed by atoms with van der Waals surface area (Å²) in [6.45, 7) is 3.07. The third kappa shape index (κ3) is 4.40. The molecule has 2 heterocycles. The van der Waals surface area contributed by atoms with E-state index in [4.69, 9.17) is 4.74 Å². The molecule has 23 heavy (non-hydrogen) atoms. The smallest absolute Gasteiger partial charge is 0.0945 e. The molecule has 0 saturated heterocycles. The van der Waals surface area contributed by atoms with Gasteiger partial charge in [0, 0.05) is 50.4 Å². The Morgan fingerprint density at radius 3 is 3.13 bits per heavy atom. The summed E-state index contributed by atoms with van der Waals surface area (Å²) >= 11 is 0. The number of aliphatic hydroxyl groups is 1. The number of imidazole rings is 1. The van der Waals surface area contributed by atoms with Crippen molar-refractivity contribution in [3.8, 4) is 0 Å². The fourth-order valence-corrected chi connectivity index (χ4v) is 3.23. The van der Waals surface area contributed by atoms with Gasteiger partial charge in [0.1, 0.15) is 0 Å². The van der Waals surface area contributed by atoms with Gasteiger partial charge in [-0.15, -0.1) is 0 Å². The minimum atomic E-state index is -0.285. The van der Waals surface area contributed by atoms with E-state index in [1.165, 1.54) is 0 Å². The Labute approximate surface area is 136 Å². The monoisotopic (exact) mass is 319 g/mol. The molecule has 1 aliphatic carbocycles. The third-order valence-corrected chi connectivity index (χ3v) is 4.43. The molecule has 3 atom stereocenters. The molecule has 0 aliphatic heterocycles. The van der Waals surface area contributed by atoms with Crippen LogP contribution in [0.25, 0.3) is 0 Å². The molecule has 2 aromatic rings. The summed E-state index contributed by atoms with van der Waals surface area (Å²) in [4.78, 5) is 4.07. The molecule has 7 nitrogen and oxygen atoms in total. The number of aliphatic hydroxyl groups excluding tert-OH is 1. The highest BCUT2D eigenvalue weighted by molar-refractivity contribution is 5.04. The topological polar surface area (TPSA) is 77.1 Å². The van der Waals surface area contributed by atoms with E-state index in [1.54, 1.807) is 13.3 Å². The van der Waals surface area contributed by atoms with Gasteiger partial charge in [-0.25, -0.2) is 4.98 Å². The zero-order valence-corrected chi connectivity index (χ0v) is 13.5. The largest absolute Gasteiger partial charge is 0.391 e. The second-order valence-corrected chi connectivity index (χ2v) is 6.26. The number of methoxy groups -OCH3 is 1. The van der Waals surface area contributed by atoms with Crippen LogP contribution in [-0.4, -0.2) is 50.3 Å². The van der Waals surface area contributed by atoms with Gasteiger partial charge in [-0.1, -0.05) is 0 Å². The summed E-state index contributed by atoms with van der Waals surface area (Å²) in [5.74, 6) is 0.487. The summed E-state index contributed by atoms with van der Waals surface area (Å²) in [5, 5.41) is 18.0. The summed E-state index contributed by atoms with van der Waals surface area (Å²) < 4.78 is 9.01. The fraction of sp³-hybridized carbons (Fsp3) is 0.625. The predicted octanol–water partition coefficient (Wildman–Crippen LogP) is 0.655. The predicted molar refractivity (Wildman–Crippen MR) is 85.7 cm³/mol. The van der Waals surface area contributed by atoms with E-state index < -0.39 is 0 Å². The van der Waals surface area contributed by atoms with Gasteiger partial charge in [-0.05, 0) is 18.8 Å². The molecule has 0 bridgehead atoms. The maximum Gasteiger partial charge on any atom is 0.0945 e. The van der Waals surface area contributed by atoms with Gasteiger partial charge in [0.2, 0.25) is 0 Å². The lowest BCUT2D eigenvalue weighted by Crippen LogP contribution is -2.35. The molecule has 0 amide bonds. The van der Waals surface area contributed by atoms with E-state index in [1.807, 2.05) is 29.6 Å². The van der Waals surface area contributed by atoms with E-state index in [0.29, 0.717) is 12.5 Å². The molecule has 0 aromatic carbocycles. The molecule has 1 aliphatic rings. The molecular formula is C16H25N5O2. The highest BCUT2D eigenvalue weighted by Gasteiger charge is 2.32. The van der Waals surface area contributed by atoms with Crippen molar-refractivity contribution in [3.05, 3.63) is 36.7 Å². The molecule has 2 aromatic heterocycles. The number of ether oxygens (including phenoxy) is 1. The van der Waals surface area contributed by atoms with Crippen LogP contribution in [0.3, 0.4) is 0 Å². The van der Waals surface area contributed by atoms with Gasteiger partial charge < -0.3 is 19.7 Å². The summed E-state index contributed by atoms with van der Waals surface area (Å²) in [5.41, 5.74) is 1.13. The molecule has 2 N–H and O–H groups in total. The van der Waals surface area contributed by atoms with Gasteiger partial charge >= 0.3 is 0 Å². The van der Waals surface area contributed by atoms with Gasteiger partial charge in [0.15, 0.2) is 0 Å². The normalized spacial score (nSPS) is 24.3. The van der Waals surface area contributed by atoms with Crippen molar-refractivity contribution in [1.29, 1.82) is 0 Å². The number of nitrogens with one attached hydrogen (secondary N) is 1. The van der Waals surface area contributed by atoms with Crippen LogP contribution in [0.5, 0.6) is 0 Å². The lowest BCUT2D eigenvalue weighted by molar-refractivity contribution is 0.145. The van der Waals surface area contributed by atoms with E-state index in [9.17, 15) is 5.11 Å². The van der Waals surface area contributed by atoms with Crippen LogP contribution < -0.4 is 5.32 Å². The van der Waals surface area contributed by atoms with Crippen molar-refractivity contribution in [2.45, 2.75) is 44.6 Å². The van der Waals surface area contributed by atoms with Crippen molar-refractivity contribution < 1.29 is 9.84 Å². The van der Waals surface area contributed by atoms with Gasteiger partial charge in [-0.3, -0.25) is 4.68 Å². The summed E-state index contributed by atoms with van der Waals surface area (Å²) in [7, 11) is 1.69. The lowest BCUT2D eigenvalue weighted by Gasteiger charge is -2.15. The standard InChI is InChI=1S/C16H25N5O2/c1-23-5-4-21-11-14(9-19-21)8-18-15-6-13(7-16(15)22)10-20-3-2-17-12-20/h2-3,9,11-13,15-16,18,22H,4-8,10H2,1H3/t13?,15-,16-/m1/s1. The van der Waals surface area contributed by atoms with E-state index in [2.05, 4.69) is 20.0 Å². The molecule has 3 rings (SSSR count). The maximum absolute atomic E-state index is 10.3. The molecule has 126 valence electrons. The van der Waals surface area contributed by atoms with Crippen LogP contribution in [0.2, 0.25) is 0 Å². The average molecular weight is 319 g/mol. The minimum absolute atomic E-state index is 0.144. The SMILES string of the molecule is COCCn1cc(CN[C@@H]2CC(Cn3ccnc3)C[C@H]2O)cn1. The zero-order valence-electron chi connectivity index (χ0n) is 13.5. The maximum atomic E-state index is 10.3. The van der Waals surface area contributed by atoms with Crippen molar-refractivity contribution in [2.24, 2.45) is 5.92 Å². The molecule has 1 fully saturated rings. The highest BCUT2D eigenvalue weighted by Crippen LogP contribution is 2.27. The van der Waals surface area contributed by atoms with Crippen LogP contribution in [0.1, 0.15) is 18.4 Å². The Balaban J connectivity index is 1.45. The molecule has 1 saturated carbocycles. The number of rotatable bonds is 8. The molecule has 0 spiro atoms. The second kappa shape index (κ2) is 7.72. The number of aromatic nitrogens is 4. The van der Waals surface area contributed by atoms with Crippen molar-refractivity contribution in [3.63, 3.8) is 0 Å². The third-order valence-electron chi connectivity index (χ3n) is 4.43. The first-order chi connectivity index (χ1) is 11.2. The zero-order chi connectivity index (χ0) is 16.1.